The van der Waals surface area contributed by atoms with Crippen LogP contribution in [0.3, 0.4) is 0 Å². The van der Waals surface area contributed by atoms with Crippen LogP contribution < -0.4 is 10.6 Å². The minimum absolute atomic E-state index is 0.0459. The van der Waals surface area contributed by atoms with Crippen LogP contribution in [0.25, 0.3) is 0 Å². The number of urea groups is 1. The van der Waals surface area contributed by atoms with E-state index in [9.17, 15) is 26.7 Å². The number of rotatable bonds is 5. The number of carbonyl (C=O) groups is 1. The lowest BCUT2D eigenvalue weighted by Gasteiger charge is -2.09. The largest absolute Gasteiger partial charge is 0.389 e. The predicted octanol–water partition coefficient (Wildman–Crippen LogP) is 3.11. The van der Waals surface area contributed by atoms with Crippen LogP contribution in [0, 0.1) is 11.6 Å². The van der Waals surface area contributed by atoms with E-state index < -0.39 is 30.3 Å². The van der Waals surface area contributed by atoms with Gasteiger partial charge in [-0.15, -0.1) is 0 Å². The van der Waals surface area contributed by atoms with Crippen LogP contribution in [0.2, 0.25) is 0 Å². The maximum Gasteiger partial charge on any atom is 0.389 e. The molecule has 1 rings (SSSR count). The molecule has 0 atom stereocenters. The molecule has 3 nitrogen and oxygen atoms in total. The monoisotopic (exact) mass is 296 g/mol. The Morgan fingerprint density at radius 3 is 2.50 bits per heavy atom. The van der Waals surface area contributed by atoms with Crippen LogP contribution in [0.5, 0.6) is 0 Å². The molecule has 0 radical (unpaired) electrons. The molecular weight excluding hydrogens is 283 g/mol. The highest BCUT2D eigenvalue weighted by Crippen LogP contribution is 2.20. The molecule has 2 amide bonds. The van der Waals surface area contributed by atoms with E-state index in [0.29, 0.717) is 0 Å². The van der Waals surface area contributed by atoms with Crippen molar-refractivity contribution in [2.45, 2.75) is 25.6 Å². The third kappa shape index (κ3) is 6.35. The Morgan fingerprint density at radius 2 is 1.85 bits per heavy atom. The lowest BCUT2D eigenvalue weighted by Crippen LogP contribution is -2.36. The van der Waals surface area contributed by atoms with Crippen LogP contribution in [-0.4, -0.2) is 18.8 Å². The van der Waals surface area contributed by atoms with E-state index in [1.165, 1.54) is 0 Å². The van der Waals surface area contributed by atoms with Crippen molar-refractivity contribution in [1.82, 2.24) is 10.6 Å². The number of hydrogen-bond donors (Lipinski definition) is 2. The lowest BCUT2D eigenvalue weighted by molar-refractivity contribution is -0.135. The van der Waals surface area contributed by atoms with E-state index in [4.69, 9.17) is 0 Å². The molecule has 0 bridgehead atoms. The SMILES string of the molecule is O=C(NCCCC(F)(F)F)NCc1cc(F)ccc1F. The molecular formula is C12H13F5N2O. The van der Waals surface area contributed by atoms with Crippen molar-refractivity contribution in [2.75, 3.05) is 6.54 Å². The molecule has 0 fully saturated rings. The summed E-state index contributed by atoms with van der Waals surface area (Å²) < 4.78 is 61.5. The Kier molecular flexibility index (Phi) is 5.72. The fraction of sp³-hybridized carbons (Fsp3) is 0.417. The van der Waals surface area contributed by atoms with Gasteiger partial charge in [0.05, 0.1) is 0 Å². The Bertz CT molecular complexity index is 462. The molecule has 0 unspecified atom stereocenters. The van der Waals surface area contributed by atoms with Gasteiger partial charge in [-0.2, -0.15) is 13.2 Å². The fourth-order valence-corrected chi connectivity index (χ4v) is 1.41. The summed E-state index contributed by atoms with van der Waals surface area (Å²) in [7, 11) is 0. The van der Waals surface area contributed by atoms with Crippen LogP contribution in [0.1, 0.15) is 18.4 Å². The van der Waals surface area contributed by atoms with Crippen molar-refractivity contribution in [3.63, 3.8) is 0 Å². The zero-order chi connectivity index (χ0) is 15.2. The number of nitrogens with one attached hydrogen (secondary N) is 2. The first kappa shape index (κ1) is 16.2. The fourth-order valence-electron chi connectivity index (χ4n) is 1.41. The molecule has 1 aromatic carbocycles. The van der Waals surface area contributed by atoms with Crippen LogP contribution in [-0.2, 0) is 6.54 Å². The molecule has 0 spiro atoms. The molecule has 0 aliphatic rings. The Morgan fingerprint density at radius 1 is 1.15 bits per heavy atom. The first-order valence-electron chi connectivity index (χ1n) is 5.80. The van der Waals surface area contributed by atoms with Crippen LogP contribution in [0.4, 0.5) is 26.7 Å². The molecule has 0 saturated carbocycles. The summed E-state index contributed by atoms with van der Waals surface area (Å²) in [5.41, 5.74) is -0.0459. The second-order valence-corrected chi connectivity index (χ2v) is 4.06. The number of halogens is 5. The minimum Gasteiger partial charge on any atom is -0.338 e. The summed E-state index contributed by atoms with van der Waals surface area (Å²) in [5, 5.41) is 4.42. The molecule has 0 aliphatic carbocycles. The molecule has 20 heavy (non-hydrogen) atoms. The molecule has 0 aliphatic heterocycles. The van der Waals surface area contributed by atoms with Gasteiger partial charge in [0.2, 0.25) is 0 Å². The second kappa shape index (κ2) is 7.06. The summed E-state index contributed by atoms with van der Waals surface area (Å²) >= 11 is 0. The molecule has 0 saturated heterocycles. The van der Waals surface area contributed by atoms with E-state index in [-0.39, 0.29) is 25.1 Å². The molecule has 1 aromatic rings. The number of benzene rings is 1. The molecule has 8 heteroatoms. The Balaban J connectivity index is 2.28. The quantitative estimate of drug-likeness (QED) is 0.636. The average molecular weight is 296 g/mol. The van der Waals surface area contributed by atoms with Crippen molar-refractivity contribution in [1.29, 1.82) is 0 Å². The second-order valence-electron chi connectivity index (χ2n) is 4.06. The van der Waals surface area contributed by atoms with Crippen molar-refractivity contribution in [3.05, 3.63) is 35.4 Å². The molecule has 2 N–H and O–H groups in total. The van der Waals surface area contributed by atoms with Gasteiger partial charge in [0.25, 0.3) is 0 Å². The topological polar surface area (TPSA) is 41.1 Å². The summed E-state index contributed by atoms with van der Waals surface area (Å²) in [5.74, 6) is -1.32. The van der Waals surface area contributed by atoms with Crippen LogP contribution in [0.15, 0.2) is 18.2 Å². The van der Waals surface area contributed by atoms with E-state index in [1.54, 1.807) is 0 Å². The molecule has 0 aromatic heterocycles. The number of hydrogen-bond acceptors (Lipinski definition) is 1. The van der Waals surface area contributed by atoms with Crippen LogP contribution >= 0.6 is 0 Å². The highest BCUT2D eigenvalue weighted by Gasteiger charge is 2.25. The standard InChI is InChI=1S/C12H13F5N2O/c13-9-2-3-10(14)8(6-9)7-19-11(20)18-5-1-4-12(15,16)17/h2-3,6H,1,4-5,7H2,(H2,18,19,20). The highest BCUT2D eigenvalue weighted by molar-refractivity contribution is 5.73. The van der Waals surface area contributed by atoms with Crippen molar-refractivity contribution < 1.29 is 26.7 Å². The zero-order valence-corrected chi connectivity index (χ0v) is 10.4. The van der Waals surface area contributed by atoms with E-state index >= 15 is 0 Å². The Hall–Kier alpha value is -1.86. The first-order chi connectivity index (χ1) is 9.28. The normalized spacial score (nSPS) is 11.2. The Labute approximate surface area is 112 Å². The third-order valence-electron chi connectivity index (χ3n) is 2.37. The van der Waals surface area contributed by atoms with Gasteiger partial charge < -0.3 is 10.6 Å². The minimum atomic E-state index is -4.26. The van der Waals surface area contributed by atoms with E-state index in [0.717, 1.165) is 18.2 Å². The summed E-state index contributed by atoms with van der Waals surface area (Å²) in [6.07, 6.45) is -5.50. The lowest BCUT2D eigenvalue weighted by atomic mass is 10.2. The van der Waals surface area contributed by atoms with E-state index in [2.05, 4.69) is 10.6 Å². The first-order valence-corrected chi connectivity index (χ1v) is 5.80. The number of carbonyl (C=O) groups excluding carboxylic acids is 1. The van der Waals surface area contributed by atoms with Gasteiger partial charge >= 0.3 is 12.2 Å². The zero-order valence-electron chi connectivity index (χ0n) is 10.4. The average Bonchev–Trinajstić information content (AvgIpc) is 2.34. The highest BCUT2D eigenvalue weighted by atomic mass is 19.4. The summed E-state index contributed by atoms with van der Waals surface area (Å²) in [4.78, 5) is 11.2. The van der Waals surface area contributed by atoms with Gasteiger partial charge in [0, 0.05) is 25.1 Å². The maximum atomic E-state index is 13.2. The van der Waals surface area contributed by atoms with Gasteiger partial charge in [-0.3, -0.25) is 0 Å². The van der Waals surface area contributed by atoms with Crippen molar-refractivity contribution in [2.24, 2.45) is 0 Å². The van der Waals surface area contributed by atoms with E-state index in [1.807, 2.05) is 0 Å². The smallest absolute Gasteiger partial charge is 0.338 e. The summed E-state index contributed by atoms with van der Waals surface area (Å²) in [6.45, 7) is -0.411. The van der Waals surface area contributed by atoms with Gasteiger partial charge in [-0.05, 0) is 24.6 Å². The van der Waals surface area contributed by atoms with Crippen molar-refractivity contribution >= 4 is 6.03 Å². The van der Waals surface area contributed by atoms with Gasteiger partial charge in [0.15, 0.2) is 0 Å². The number of amides is 2. The molecule has 112 valence electrons. The number of alkyl halides is 3. The third-order valence-corrected chi connectivity index (χ3v) is 2.37. The van der Waals surface area contributed by atoms with Gasteiger partial charge in [0.1, 0.15) is 11.6 Å². The van der Waals surface area contributed by atoms with Gasteiger partial charge in [-0.25, -0.2) is 13.6 Å². The van der Waals surface area contributed by atoms with Crippen molar-refractivity contribution in [3.8, 4) is 0 Å². The van der Waals surface area contributed by atoms with Gasteiger partial charge in [-0.1, -0.05) is 0 Å². The predicted molar refractivity (Wildman–Crippen MR) is 61.9 cm³/mol. The molecule has 0 heterocycles. The maximum absolute atomic E-state index is 13.2. The summed E-state index contributed by atoms with van der Waals surface area (Å²) in [6, 6.07) is 2.05.